The van der Waals surface area contributed by atoms with Gasteiger partial charge in [0.15, 0.2) is 0 Å². The number of carboxylic acids is 1. The molecule has 2 fully saturated rings. The average molecular weight is 674 g/mol. The molecule has 2 aliphatic rings. The molecular weight excluding hydrogens is 634 g/mol. The second-order valence-electron chi connectivity index (χ2n) is 12.1. The topological polar surface area (TPSA) is 138 Å². The van der Waals surface area contributed by atoms with E-state index in [0.717, 1.165) is 63.4 Å². The zero-order chi connectivity index (χ0) is 32.2. The van der Waals surface area contributed by atoms with Gasteiger partial charge in [-0.3, -0.25) is 0 Å². The van der Waals surface area contributed by atoms with Gasteiger partial charge in [-0.15, -0.1) is 0 Å². The van der Waals surface area contributed by atoms with Gasteiger partial charge in [0, 0.05) is 36.4 Å². The fourth-order valence-corrected chi connectivity index (χ4v) is 9.76. The monoisotopic (exact) mass is 673 g/mol. The first-order chi connectivity index (χ1) is 21.4. The third kappa shape index (κ3) is 7.89. The van der Waals surface area contributed by atoms with E-state index in [9.17, 15) is 26.7 Å². The molecule has 12 heteroatoms. The van der Waals surface area contributed by atoms with E-state index in [4.69, 9.17) is 17.3 Å². The van der Waals surface area contributed by atoms with Crippen molar-refractivity contribution in [3.05, 3.63) is 88.4 Å². The first-order valence-corrected chi connectivity index (χ1v) is 18.7. The Bertz CT molecular complexity index is 1700. The average Bonchev–Trinajstić information content (AvgIpc) is 3.55. The fraction of sp³-hybridized carbons (Fsp3) is 0.424. The lowest BCUT2D eigenvalue weighted by Crippen LogP contribution is -2.38. The molecule has 0 amide bonds. The van der Waals surface area contributed by atoms with Gasteiger partial charge in [-0.1, -0.05) is 61.9 Å². The number of aromatic carboxylic acids is 1. The lowest BCUT2D eigenvalue weighted by molar-refractivity contribution is 0.0698. The molecule has 0 bridgehead atoms. The number of nitrogens with zero attached hydrogens (tertiary/aromatic N) is 2. The summed E-state index contributed by atoms with van der Waals surface area (Å²) in [7, 11) is -7.97. The number of anilines is 1. The highest BCUT2D eigenvalue weighted by Crippen LogP contribution is 2.32. The summed E-state index contributed by atoms with van der Waals surface area (Å²) in [5.74, 6) is -0.961. The number of nitrogens with two attached hydrogens (primary N) is 1. The van der Waals surface area contributed by atoms with Crippen LogP contribution in [-0.4, -0.2) is 49.1 Å². The summed E-state index contributed by atoms with van der Waals surface area (Å²) in [6.07, 6.45) is 8.51. The molecule has 2 saturated carbocycles. The summed E-state index contributed by atoms with van der Waals surface area (Å²) in [6.45, 7) is 0.516. The smallest absolute Gasteiger partial charge is 0.337 e. The number of nitrogen functional groups attached to an aromatic ring is 1. The Morgan fingerprint density at radius 1 is 0.756 bits per heavy atom. The number of benzene rings is 3. The van der Waals surface area contributed by atoms with Crippen LogP contribution in [0.1, 0.15) is 79.3 Å². The molecule has 3 aromatic rings. The quantitative estimate of drug-likeness (QED) is 0.209. The summed E-state index contributed by atoms with van der Waals surface area (Å²) in [4.78, 5) is 11.5. The number of halogens is 1. The molecule has 9 nitrogen and oxygen atoms in total. The van der Waals surface area contributed by atoms with Crippen LogP contribution in [0.25, 0.3) is 0 Å². The highest BCUT2D eigenvalue weighted by Gasteiger charge is 2.34. The SMILES string of the molecule is Nc1cc(CN(CC2CCCCC2)S(=O)(=O)c2ccc(S(=O)(=O)N(Cc3ccc(Cl)cc3)C3CCCC3)cc2)ccc1C(=O)O. The van der Waals surface area contributed by atoms with Crippen molar-refractivity contribution in [1.82, 2.24) is 8.61 Å². The Morgan fingerprint density at radius 2 is 1.31 bits per heavy atom. The van der Waals surface area contributed by atoms with Crippen molar-refractivity contribution >= 4 is 43.3 Å². The molecule has 0 atom stereocenters. The lowest BCUT2D eigenvalue weighted by atomic mass is 9.89. The summed E-state index contributed by atoms with van der Waals surface area (Å²) in [6, 6.07) is 16.9. The molecule has 242 valence electrons. The van der Waals surface area contributed by atoms with Gasteiger partial charge >= 0.3 is 5.97 Å². The van der Waals surface area contributed by atoms with E-state index < -0.39 is 26.0 Å². The molecule has 3 N–H and O–H groups in total. The normalized spacial score (nSPS) is 16.9. The van der Waals surface area contributed by atoms with Gasteiger partial charge in [0.2, 0.25) is 20.0 Å². The van der Waals surface area contributed by atoms with E-state index >= 15 is 0 Å². The third-order valence-electron chi connectivity index (χ3n) is 8.94. The van der Waals surface area contributed by atoms with E-state index in [1.807, 2.05) is 12.1 Å². The highest BCUT2D eigenvalue weighted by atomic mass is 35.5. The Kier molecular flexibility index (Phi) is 10.6. The Balaban J connectivity index is 1.42. The first kappa shape index (κ1) is 33.4. The van der Waals surface area contributed by atoms with Crippen LogP contribution < -0.4 is 5.73 Å². The summed E-state index contributed by atoms with van der Waals surface area (Å²) < 4.78 is 59.1. The van der Waals surface area contributed by atoms with Crippen LogP contribution >= 0.6 is 11.6 Å². The Labute approximate surface area is 271 Å². The number of carboxylic acid groups (broad SMARTS) is 1. The first-order valence-electron chi connectivity index (χ1n) is 15.4. The van der Waals surface area contributed by atoms with E-state index in [2.05, 4.69) is 0 Å². The van der Waals surface area contributed by atoms with Gasteiger partial charge in [0.25, 0.3) is 0 Å². The second kappa shape index (κ2) is 14.2. The minimum absolute atomic E-state index is 0.00231. The molecule has 0 spiro atoms. The Morgan fingerprint density at radius 3 is 1.89 bits per heavy atom. The molecule has 0 unspecified atom stereocenters. The summed E-state index contributed by atoms with van der Waals surface area (Å²) >= 11 is 6.05. The van der Waals surface area contributed by atoms with Crippen LogP contribution in [0.4, 0.5) is 5.69 Å². The van der Waals surface area contributed by atoms with Gasteiger partial charge in [-0.2, -0.15) is 8.61 Å². The van der Waals surface area contributed by atoms with Crippen molar-refractivity contribution in [2.75, 3.05) is 12.3 Å². The number of sulfonamides is 2. The maximum Gasteiger partial charge on any atom is 0.337 e. The number of rotatable bonds is 12. The van der Waals surface area contributed by atoms with Gasteiger partial charge in [0.05, 0.1) is 15.4 Å². The Hall–Kier alpha value is -2.96. The van der Waals surface area contributed by atoms with Crippen molar-refractivity contribution < 1.29 is 26.7 Å². The summed E-state index contributed by atoms with van der Waals surface area (Å²) in [5.41, 5.74) is 7.39. The predicted molar refractivity (Wildman–Crippen MR) is 175 cm³/mol. The van der Waals surface area contributed by atoms with Crippen LogP contribution in [0.2, 0.25) is 5.02 Å². The van der Waals surface area contributed by atoms with Crippen molar-refractivity contribution in [2.24, 2.45) is 5.92 Å². The van der Waals surface area contributed by atoms with Gasteiger partial charge in [-0.25, -0.2) is 21.6 Å². The van der Waals surface area contributed by atoms with Crippen LogP contribution in [0, 0.1) is 5.92 Å². The van der Waals surface area contributed by atoms with Crippen molar-refractivity contribution in [3.63, 3.8) is 0 Å². The molecule has 45 heavy (non-hydrogen) atoms. The van der Waals surface area contributed by atoms with Gasteiger partial charge in [-0.05, 0) is 91.3 Å². The van der Waals surface area contributed by atoms with Gasteiger partial charge in [0.1, 0.15) is 0 Å². The fourth-order valence-electron chi connectivity index (χ4n) is 6.45. The van der Waals surface area contributed by atoms with Crippen LogP contribution in [0.5, 0.6) is 0 Å². The minimum atomic E-state index is -4.03. The maximum atomic E-state index is 14.1. The van der Waals surface area contributed by atoms with E-state index in [-0.39, 0.29) is 46.1 Å². The maximum absolute atomic E-state index is 14.1. The molecule has 0 heterocycles. The summed E-state index contributed by atoms with van der Waals surface area (Å²) in [5, 5.41) is 9.93. The van der Waals surface area contributed by atoms with Crippen LogP contribution in [0.3, 0.4) is 0 Å². The van der Waals surface area contributed by atoms with Crippen molar-refractivity contribution in [3.8, 4) is 0 Å². The van der Waals surface area contributed by atoms with E-state index in [1.54, 1.807) is 18.2 Å². The van der Waals surface area contributed by atoms with Crippen LogP contribution in [-0.2, 0) is 33.1 Å². The van der Waals surface area contributed by atoms with Gasteiger partial charge < -0.3 is 10.8 Å². The third-order valence-corrected chi connectivity index (χ3v) is 12.9. The zero-order valence-electron chi connectivity index (χ0n) is 25.1. The molecule has 5 rings (SSSR count). The predicted octanol–water partition coefficient (Wildman–Crippen LogP) is 6.53. The minimum Gasteiger partial charge on any atom is -0.478 e. The number of hydrogen-bond acceptors (Lipinski definition) is 6. The lowest BCUT2D eigenvalue weighted by Gasteiger charge is -2.30. The molecule has 0 radical (unpaired) electrons. The standard InChI is InChI=1S/C33H40ClN3O6S2/c34-27-13-10-25(11-14-27)23-37(28-8-4-5-9-28)45(42,43)30-17-15-29(16-18-30)44(40,41)36(21-24-6-2-1-3-7-24)22-26-12-19-31(33(38)39)32(35)20-26/h10-20,24,28H,1-9,21-23,35H2,(H,38,39). The largest absolute Gasteiger partial charge is 0.478 e. The van der Waals surface area contributed by atoms with E-state index in [0.29, 0.717) is 17.1 Å². The molecule has 3 aromatic carbocycles. The molecule has 2 aliphatic carbocycles. The van der Waals surface area contributed by atoms with Crippen LogP contribution in [0.15, 0.2) is 76.5 Å². The van der Waals surface area contributed by atoms with E-state index in [1.165, 1.54) is 45.0 Å². The highest BCUT2D eigenvalue weighted by molar-refractivity contribution is 7.89. The molecule has 0 saturated heterocycles. The second-order valence-corrected chi connectivity index (χ2v) is 16.4. The number of hydrogen-bond donors (Lipinski definition) is 2. The molecule has 0 aliphatic heterocycles. The number of carbonyl (C=O) groups is 1. The molecular formula is C33H40ClN3O6S2. The molecule has 0 aromatic heterocycles. The van der Waals surface area contributed by atoms with Crippen molar-refractivity contribution in [2.45, 2.75) is 86.7 Å². The van der Waals surface area contributed by atoms with Crippen molar-refractivity contribution in [1.29, 1.82) is 0 Å². The zero-order valence-corrected chi connectivity index (χ0v) is 27.5.